The molecule has 0 saturated carbocycles. The van der Waals surface area contributed by atoms with Crippen LogP contribution < -0.4 is 4.90 Å². The molecule has 1 aromatic heterocycles. The predicted molar refractivity (Wildman–Crippen MR) is 149 cm³/mol. The number of halogens is 2. The first kappa shape index (κ1) is 25.2. The van der Waals surface area contributed by atoms with Gasteiger partial charge in [-0.3, -0.25) is 4.57 Å². The molecule has 186 valence electrons. The lowest BCUT2D eigenvalue weighted by atomic mass is 10.0. The van der Waals surface area contributed by atoms with Crippen LogP contribution >= 0.6 is 35.0 Å². The molecule has 5 rings (SSSR count). The van der Waals surface area contributed by atoms with E-state index in [0.29, 0.717) is 16.6 Å². The number of aromatic nitrogens is 3. The second-order valence-corrected chi connectivity index (χ2v) is 10.9. The van der Waals surface area contributed by atoms with E-state index in [9.17, 15) is 5.11 Å². The maximum Gasteiger partial charge on any atom is 0.196 e. The van der Waals surface area contributed by atoms with Crippen LogP contribution in [0.4, 0.5) is 5.69 Å². The van der Waals surface area contributed by atoms with Gasteiger partial charge in [-0.15, -0.1) is 10.2 Å². The fourth-order valence-corrected chi connectivity index (χ4v) is 5.97. The first-order valence-corrected chi connectivity index (χ1v) is 13.8. The van der Waals surface area contributed by atoms with Gasteiger partial charge in [0, 0.05) is 40.9 Å². The minimum atomic E-state index is -0.251. The van der Waals surface area contributed by atoms with Crippen molar-refractivity contribution in [2.45, 2.75) is 42.7 Å². The number of aryl methyl sites for hydroxylation is 1. The van der Waals surface area contributed by atoms with Crippen LogP contribution in [0.1, 0.15) is 42.0 Å². The highest BCUT2D eigenvalue weighted by atomic mass is 35.5. The fourth-order valence-electron chi connectivity index (χ4n) is 4.52. The van der Waals surface area contributed by atoms with Crippen molar-refractivity contribution in [2.24, 2.45) is 0 Å². The van der Waals surface area contributed by atoms with Crippen LogP contribution in [0, 0.1) is 0 Å². The number of hydrogen-bond acceptors (Lipinski definition) is 5. The lowest BCUT2D eigenvalue weighted by molar-refractivity contribution is 0.198. The highest BCUT2D eigenvalue weighted by Crippen LogP contribution is 2.41. The summed E-state index contributed by atoms with van der Waals surface area (Å²) in [6.07, 6.45) is 2.37. The molecule has 8 heteroatoms. The summed E-state index contributed by atoms with van der Waals surface area (Å²) in [6.45, 7) is 3.70. The Balaban J connectivity index is 1.51. The highest BCUT2D eigenvalue weighted by Gasteiger charge is 2.23. The Morgan fingerprint density at radius 1 is 0.889 bits per heavy atom. The van der Waals surface area contributed by atoms with Gasteiger partial charge in [-0.2, -0.15) is 0 Å². The number of β-amino-alcohol motifs (C(OH)–C–C–N with tert-alkyl or cyclic N) is 1. The minimum Gasteiger partial charge on any atom is -0.391 e. The maximum absolute atomic E-state index is 9.92. The number of aliphatic hydroxyl groups is 1. The average Bonchev–Trinajstić information content (AvgIpc) is 3.50. The summed E-state index contributed by atoms with van der Waals surface area (Å²) in [5, 5.41) is 21.3. The average molecular weight is 540 g/mol. The first-order chi connectivity index (χ1) is 17.5. The molecule has 0 bridgehead atoms. The molecule has 1 unspecified atom stereocenters. The third kappa shape index (κ3) is 5.57. The van der Waals surface area contributed by atoms with Crippen LogP contribution in [-0.2, 0) is 6.42 Å². The molecule has 0 amide bonds. The molecule has 1 fully saturated rings. The van der Waals surface area contributed by atoms with Gasteiger partial charge in [-0.1, -0.05) is 66.2 Å². The van der Waals surface area contributed by atoms with E-state index < -0.39 is 0 Å². The molecular weight excluding hydrogens is 511 g/mol. The van der Waals surface area contributed by atoms with Crippen molar-refractivity contribution >= 4 is 40.7 Å². The summed E-state index contributed by atoms with van der Waals surface area (Å²) in [7, 11) is 0. The number of thioether (sulfide) groups is 1. The van der Waals surface area contributed by atoms with Crippen LogP contribution in [0.5, 0.6) is 0 Å². The van der Waals surface area contributed by atoms with Gasteiger partial charge in [0.05, 0.1) is 11.4 Å². The molecular formula is C28H28Cl2N4OS. The third-order valence-corrected chi connectivity index (χ3v) is 8.14. The zero-order chi connectivity index (χ0) is 25.1. The van der Waals surface area contributed by atoms with Gasteiger partial charge in [0.15, 0.2) is 5.16 Å². The monoisotopic (exact) mass is 538 g/mol. The number of anilines is 1. The molecule has 3 aromatic carbocycles. The van der Waals surface area contributed by atoms with Crippen molar-refractivity contribution in [3.63, 3.8) is 0 Å². The standard InChI is InChI=1S/C28H28Cl2N4OS/c1-2-3-26-31-32-28(34(26)24-14-12-23(13-15-24)33-17-16-25(35)18-33)36-27(19-4-8-21(29)9-5-19)20-6-10-22(30)11-7-20/h4-15,25,27,35H,2-3,16-18H2,1H3. The summed E-state index contributed by atoms with van der Waals surface area (Å²) >= 11 is 14.0. The van der Waals surface area contributed by atoms with Crippen LogP contribution in [0.3, 0.4) is 0 Å². The first-order valence-electron chi connectivity index (χ1n) is 12.2. The van der Waals surface area contributed by atoms with Crippen LogP contribution in [0.2, 0.25) is 10.0 Å². The molecule has 1 atom stereocenters. The Morgan fingerprint density at radius 2 is 1.47 bits per heavy atom. The van der Waals surface area contributed by atoms with Gasteiger partial charge in [0.1, 0.15) is 5.82 Å². The molecule has 0 spiro atoms. The Labute approximate surface area is 226 Å². The van der Waals surface area contributed by atoms with Crippen LogP contribution in [-0.4, -0.2) is 39.1 Å². The van der Waals surface area contributed by atoms with Crippen molar-refractivity contribution in [3.05, 3.63) is 99.8 Å². The molecule has 1 aliphatic heterocycles. The lowest BCUT2D eigenvalue weighted by Crippen LogP contribution is -2.21. The topological polar surface area (TPSA) is 54.2 Å². The van der Waals surface area contributed by atoms with Crippen molar-refractivity contribution in [1.29, 1.82) is 0 Å². The predicted octanol–water partition coefficient (Wildman–Crippen LogP) is 6.98. The molecule has 0 aliphatic carbocycles. The quantitative estimate of drug-likeness (QED) is 0.245. The number of aliphatic hydroxyl groups excluding tert-OH is 1. The number of nitrogens with zero attached hydrogens (tertiary/aromatic N) is 4. The molecule has 1 saturated heterocycles. The van der Waals surface area contributed by atoms with E-state index in [-0.39, 0.29) is 11.4 Å². The SMILES string of the molecule is CCCc1nnc(SC(c2ccc(Cl)cc2)c2ccc(Cl)cc2)n1-c1ccc(N2CCC(O)C2)cc1. The second kappa shape index (κ2) is 11.3. The van der Waals surface area contributed by atoms with E-state index in [1.54, 1.807) is 11.8 Å². The smallest absolute Gasteiger partial charge is 0.196 e. The van der Waals surface area contributed by atoms with E-state index in [2.05, 4.69) is 75.1 Å². The van der Waals surface area contributed by atoms with Gasteiger partial charge in [0.25, 0.3) is 0 Å². The van der Waals surface area contributed by atoms with Crippen molar-refractivity contribution in [2.75, 3.05) is 18.0 Å². The Morgan fingerprint density at radius 3 is 2.00 bits per heavy atom. The van der Waals surface area contributed by atoms with E-state index >= 15 is 0 Å². The number of rotatable bonds is 8. The van der Waals surface area contributed by atoms with E-state index in [0.717, 1.165) is 59.3 Å². The summed E-state index contributed by atoms with van der Waals surface area (Å²) in [5.74, 6) is 0.940. The Hall–Kier alpha value is -2.51. The lowest BCUT2D eigenvalue weighted by Gasteiger charge is -2.20. The summed E-state index contributed by atoms with van der Waals surface area (Å²) < 4.78 is 2.16. The molecule has 4 aromatic rings. The highest BCUT2D eigenvalue weighted by molar-refractivity contribution is 7.99. The molecule has 2 heterocycles. The maximum atomic E-state index is 9.92. The molecule has 0 radical (unpaired) electrons. The third-order valence-electron chi connectivity index (χ3n) is 6.38. The zero-order valence-corrected chi connectivity index (χ0v) is 22.3. The van der Waals surface area contributed by atoms with Gasteiger partial charge in [-0.05, 0) is 72.5 Å². The van der Waals surface area contributed by atoms with Gasteiger partial charge in [-0.25, -0.2) is 0 Å². The summed E-state index contributed by atoms with van der Waals surface area (Å²) in [5.41, 5.74) is 4.40. The molecule has 36 heavy (non-hydrogen) atoms. The number of hydrogen-bond donors (Lipinski definition) is 1. The van der Waals surface area contributed by atoms with E-state index in [1.165, 1.54) is 0 Å². The Kier molecular flexibility index (Phi) is 7.87. The largest absolute Gasteiger partial charge is 0.391 e. The second-order valence-electron chi connectivity index (χ2n) is 8.99. The van der Waals surface area contributed by atoms with Gasteiger partial charge < -0.3 is 10.0 Å². The van der Waals surface area contributed by atoms with Crippen LogP contribution in [0.25, 0.3) is 5.69 Å². The van der Waals surface area contributed by atoms with Crippen molar-refractivity contribution < 1.29 is 5.11 Å². The summed E-state index contributed by atoms with van der Waals surface area (Å²) in [4.78, 5) is 2.22. The molecule has 5 nitrogen and oxygen atoms in total. The Bertz CT molecular complexity index is 1250. The number of benzene rings is 3. The van der Waals surface area contributed by atoms with E-state index in [1.807, 2.05) is 24.3 Å². The normalized spacial score (nSPS) is 15.7. The zero-order valence-electron chi connectivity index (χ0n) is 20.0. The van der Waals surface area contributed by atoms with Crippen molar-refractivity contribution in [3.8, 4) is 5.69 Å². The molecule has 1 aliphatic rings. The molecule has 1 N–H and O–H groups in total. The summed E-state index contributed by atoms with van der Waals surface area (Å²) in [6, 6.07) is 24.4. The van der Waals surface area contributed by atoms with Gasteiger partial charge >= 0.3 is 0 Å². The van der Waals surface area contributed by atoms with E-state index in [4.69, 9.17) is 23.2 Å². The minimum absolute atomic E-state index is 0.0117. The van der Waals surface area contributed by atoms with Gasteiger partial charge in [0.2, 0.25) is 0 Å². The van der Waals surface area contributed by atoms with Crippen LogP contribution in [0.15, 0.2) is 78.0 Å². The van der Waals surface area contributed by atoms with Crippen molar-refractivity contribution in [1.82, 2.24) is 14.8 Å². The fraction of sp³-hybridized carbons (Fsp3) is 0.286.